The smallest absolute Gasteiger partial charge is 0.137 e. The molecule has 2 rings (SSSR count). The van der Waals surface area contributed by atoms with E-state index < -0.39 is 0 Å². The molecular weight excluding hydrogens is 210 g/mol. The Hall–Kier alpha value is -1.35. The van der Waals surface area contributed by atoms with Gasteiger partial charge in [0.2, 0.25) is 0 Å². The first-order valence-electron chi connectivity index (χ1n) is 6.49. The number of hydrogen-bond donors (Lipinski definition) is 2. The third-order valence-corrected chi connectivity index (χ3v) is 3.25. The molecule has 2 aromatic heterocycles. The molecule has 0 bridgehead atoms. The number of aromatic nitrogens is 2. The zero-order chi connectivity index (χ0) is 12.1. The van der Waals surface area contributed by atoms with Crippen molar-refractivity contribution >= 4 is 11.0 Å². The van der Waals surface area contributed by atoms with Crippen LogP contribution in [0.2, 0.25) is 0 Å². The number of nitrogens with one attached hydrogen (secondary N) is 2. The zero-order valence-electron chi connectivity index (χ0n) is 10.7. The van der Waals surface area contributed by atoms with Gasteiger partial charge in [0.15, 0.2) is 0 Å². The van der Waals surface area contributed by atoms with E-state index in [2.05, 4.69) is 41.4 Å². The van der Waals surface area contributed by atoms with E-state index in [0.29, 0.717) is 6.04 Å². The summed E-state index contributed by atoms with van der Waals surface area (Å²) in [5.74, 6) is 0. The standard InChI is InChI=1S/C14H21N3/c1-3-6-12(4-2)16-9-11-10-17-14-13(11)7-5-8-15-14/h5,7-8,10,12,16H,3-4,6,9H2,1-2H3,(H,15,17). The molecule has 3 nitrogen and oxygen atoms in total. The van der Waals surface area contributed by atoms with Crippen LogP contribution >= 0.6 is 0 Å². The quantitative estimate of drug-likeness (QED) is 0.801. The number of pyridine rings is 1. The highest BCUT2D eigenvalue weighted by Gasteiger charge is 2.07. The highest BCUT2D eigenvalue weighted by molar-refractivity contribution is 5.79. The van der Waals surface area contributed by atoms with Gasteiger partial charge in [-0.15, -0.1) is 0 Å². The van der Waals surface area contributed by atoms with E-state index in [4.69, 9.17) is 0 Å². The molecule has 0 saturated carbocycles. The van der Waals surface area contributed by atoms with Gasteiger partial charge in [0.1, 0.15) is 5.65 Å². The van der Waals surface area contributed by atoms with Crippen LogP contribution < -0.4 is 5.32 Å². The lowest BCUT2D eigenvalue weighted by molar-refractivity contribution is 0.463. The summed E-state index contributed by atoms with van der Waals surface area (Å²) >= 11 is 0. The lowest BCUT2D eigenvalue weighted by Gasteiger charge is -2.15. The van der Waals surface area contributed by atoms with Crippen LogP contribution in [0, 0.1) is 0 Å². The van der Waals surface area contributed by atoms with Crippen molar-refractivity contribution in [1.82, 2.24) is 15.3 Å². The Labute approximate surface area is 103 Å². The lowest BCUT2D eigenvalue weighted by Crippen LogP contribution is -2.27. The van der Waals surface area contributed by atoms with Crippen molar-refractivity contribution in [2.24, 2.45) is 0 Å². The highest BCUT2D eigenvalue weighted by Crippen LogP contribution is 2.15. The summed E-state index contributed by atoms with van der Waals surface area (Å²) in [6.45, 7) is 5.40. The van der Waals surface area contributed by atoms with Crippen molar-refractivity contribution in [3.8, 4) is 0 Å². The second-order valence-corrected chi connectivity index (χ2v) is 4.49. The molecule has 0 radical (unpaired) electrons. The van der Waals surface area contributed by atoms with Crippen LogP contribution in [0.1, 0.15) is 38.7 Å². The SMILES string of the molecule is CCCC(CC)NCc1c[nH]c2ncccc12. The normalized spacial score (nSPS) is 13.1. The van der Waals surface area contributed by atoms with E-state index in [0.717, 1.165) is 12.2 Å². The lowest BCUT2D eigenvalue weighted by atomic mass is 10.1. The van der Waals surface area contributed by atoms with Gasteiger partial charge >= 0.3 is 0 Å². The first-order chi connectivity index (χ1) is 8.35. The summed E-state index contributed by atoms with van der Waals surface area (Å²) in [6, 6.07) is 4.74. The minimum Gasteiger partial charge on any atom is -0.346 e. The van der Waals surface area contributed by atoms with Crippen LogP contribution in [0.5, 0.6) is 0 Å². The molecule has 1 unspecified atom stereocenters. The third kappa shape index (κ3) is 2.86. The van der Waals surface area contributed by atoms with Crippen LogP contribution in [-0.4, -0.2) is 16.0 Å². The Kier molecular flexibility index (Phi) is 4.15. The van der Waals surface area contributed by atoms with Crippen molar-refractivity contribution in [1.29, 1.82) is 0 Å². The minimum absolute atomic E-state index is 0.627. The summed E-state index contributed by atoms with van der Waals surface area (Å²) in [7, 11) is 0. The van der Waals surface area contributed by atoms with Crippen molar-refractivity contribution in [2.45, 2.75) is 45.7 Å². The Morgan fingerprint density at radius 2 is 2.29 bits per heavy atom. The number of rotatable bonds is 6. The van der Waals surface area contributed by atoms with Crippen LogP contribution in [-0.2, 0) is 6.54 Å². The van der Waals surface area contributed by atoms with Gasteiger partial charge in [0, 0.05) is 30.4 Å². The van der Waals surface area contributed by atoms with Gasteiger partial charge in [0.25, 0.3) is 0 Å². The van der Waals surface area contributed by atoms with Crippen molar-refractivity contribution < 1.29 is 0 Å². The maximum atomic E-state index is 4.30. The maximum absolute atomic E-state index is 4.30. The molecule has 3 heteroatoms. The molecule has 2 N–H and O–H groups in total. The van der Waals surface area contributed by atoms with Crippen LogP contribution in [0.15, 0.2) is 24.5 Å². The van der Waals surface area contributed by atoms with E-state index in [1.807, 2.05) is 12.3 Å². The van der Waals surface area contributed by atoms with Gasteiger partial charge in [-0.3, -0.25) is 0 Å². The van der Waals surface area contributed by atoms with Gasteiger partial charge < -0.3 is 10.3 Å². The molecular formula is C14H21N3. The first-order valence-corrected chi connectivity index (χ1v) is 6.49. The Morgan fingerprint density at radius 3 is 3.06 bits per heavy atom. The van der Waals surface area contributed by atoms with Crippen LogP contribution in [0.3, 0.4) is 0 Å². The predicted molar refractivity (Wildman–Crippen MR) is 71.9 cm³/mol. The van der Waals surface area contributed by atoms with E-state index in [9.17, 15) is 0 Å². The van der Waals surface area contributed by atoms with Crippen LogP contribution in [0.25, 0.3) is 11.0 Å². The number of nitrogens with zero attached hydrogens (tertiary/aromatic N) is 1. The number of fused-ring (bicyclic) bond motifs is 1. The maximum Gasteiger partial charge on any atom is 0.137 e. The summed E-state index contributed by atoms with van der Waals surface area (Å²) in [5.41, 5.74) is 2.29. The van der Waals surface area contributed by atoms with Gasteiger partial charge in [-0.2, -0.15) is 0 Å². The molecule has 0 aliphatic heterocycles. The van der Waals surface area contributed by atoms with E-state index in [-0.39, 0.29) is 0 Å². The summed E-state index contributed by atoms with van der Waals surface area (Å²) in [5, 5.41) is 4.85. The van der Waals surface area contributed by atoms with Gasteiger partial charge in [-0.05, 0) is 30.5 Å². The second-order valence-electron chi connectivity index (χ2n) is 4.49. The van der Waals surface area contributed by atoms with Crippen molar-refractivity contribution in [3.05, 3.63) is 30.1 Å². The molecule has 2 heterocycles. The molecule has 0 spiro atoms. The number of hydrogen-bond acceptors (Lipinski definition) is 2. The average molecular weight is 231 g/mol. The number of aromatic amines is 1. The number of H-pyrrole nitrogens is 1. The molecule has 0 aliphatic rings. The third-order valence-electron chi connectivity index (χ3n) is 3.25. The molecule has 0 amide bonds. The fourth-order valence-corrected chi connectivity index (χ4v) is 2.21. The Bertz CT molecular complexity index is 461. The molecule has 0 saturated heterocycles. The summed E-state index contributed by atoms with van der Waals surface area (Å²) in [6.07, 6.45) is 7.55. The molecule has 0 aliphatic carbocycles. The van der Waals surface area contributed by atoms with Gasteiger partial charge in [0.05, 0.1) is 0 Å². The van der Waals surface area contributed by atoms with E-state index in [1.165, 1.54) is 30.2 Å². The molecule has 17 heavy (non-hydrogen) atoms. The van der Waals surface area contributed by atoms with E-state index in [1.54, 1.807) is 0 Å². The largest absolute Gasteiger partial charge is 0.346 e. The minimum atomic E-state index is 0.627. The highest BCUT2D eigenvalue weighted by atomic mass is 14.9. The molecule has 2 aromatic rings. The topological polar surface area (TPSA) is 40.7 Å². The Balaban J connectivity index is 2.03. The van der Waals surface area contributed by atoms with E-state index >= 15 is 0 Å². The molecule has 0 aromatic carbocycles. The monoisotopic (exact) mass is 231 g/mol. The summed E-state index contributed by atoms with van der Waals surface area (Å²) in [4.78, 5) is 7.51. The fourth-order valence-electron chi connectivity index (χ4n) is 2.21. The van der Waals surface area contributed by atoms with Gasteiger partial charge in [-0.25, -0.2) is 4.98 Å². The molecule has 0 fully saturated rings. The summed E-state index contributed by atoms with van der Waals surface area (Å²) < 4.78 is 0. The fraction of sp³-hybridized carbons (Fsp3) is 0.500. The first kappa shape index (κ1) is 12.1. The predicted octanol–water partition coefficient (Wildman–Crippen LogP) is 3.23. The van der Waals surface area contributed by atoms with Gasteiger partial charge in [-0.1, -0.05) is 20.3 Å². The molecule has 1 atom stereocenters. The zero-order valence-corrected chi connectivity index (χ0v) is 10.7. The average Bonchev–Trinajstić information content (AvgIpc) is 2.78. The van der Waals surface area contributed by atoms with Crippen molar-refractivity contribution in [3.63, 3.8) is 0 Å². The van der Waals surface area contributed by atoms with Crippen molar-refractivity contribution in [2.75, 3.05) is 0 Å². The Morgan fingerprint density at radius 1 is 1.41 bits per heavy atom. The molecule has 92 valence electrons. The second kappa shape index (κ2) is 5.82. The van der Waals surface area contributed by atoms with Crippen LogP contribution in [0.4, 0.5) is 0 Å².